The molecule has 1 nitrogen and oxygen atoms in total. The third kappa shape index (κ3) is 3.84. The van der Waals surface area contributed by atoms with Gasteiger partial charge in [-0.05, 0) is 48.4 Å². The van der Waals surface area contributed by atoms with Crippen molar-refractivity contribution in [3.05, 3.63) is 71.0 Å². The molecule has 4 heteroatoms. The van der Waals surface area contributed by atoms with Crippen LogP contribution in [0.15, 0.2) is 42.5 Å². The Morgan fingerprint density at radius 1 is 0.900 bits per heavy atom. The maximum atomic E-state index is 13.3. The minimum atomic E-state index is -0.595. The van der Waals surface area contributed by atoms with Gasteiger partial charge in [-0.3, -0.25) is 0 Å². The van der Waals surface area contributed by atoms with Gasteiger partial charge in [0.15, 0.2) is 0 Å². The van der Waals surface area contributed by atoms with Gasteiger partial charge in [0, 0.05) is 12.1 Å². The van der Waals surface area contributed by atoms with E-state index in [1.807, 2.05) is 6.92 Å². The smallest absolute Gasteiger partial charge is 0.126 e. The SMILES string of the molecule is CCNC(Cc1ccc(F)cc1)c1cc(F)cc(F)c1. The highest BCUT2D eigenvalue weighted by Gasteiger charge is 2.13. The number of nitrogens with one attached hydrogen (secondary N) is 1. The van der Waals surface area contributed by atoms with Gasteiger partial charge in [-0.25, -0.2) is 13.2 Å². The first-order valence-electron chi connectivity index (χ1n) is 6.52. The summed E-state index contributed by atoms with van der Waals surface area (Å²) in [6.45, 7) is 2.59. The minimum absolute atomic E-state index is 0.212. The summed E-state index contributed by atoms with van der Waals surface area (Å²) >= 11 is 0. The van der Waals surface area contributed by atoms with E-state index < -0.39 is 11.6 Å². The van der Waals surface area contributed by atoms with Crippen molar-refractivity contribution in [2.45, 2.75) is 19.4 Å². The van der Waals surface area contributed by atoms with Crippen molar-refractivity contribution >= 4 is 0 Å². The van der Waals surface area contributed by atoms with E-state index in [-0.39, 0.29) is 11.9 Å². The van der Waals surface area contributed by atoms with Crippen LogP contribution < -0.4 is 5.32 Å². The van der Waals surface area contributed by atoms with Gasteiger partial charge in [0.05, 0.1) is 0 Å². The van der Waals surface area contributed by atoms with Gasteiger partial charge in [0.25, 0.3) is 0 Å². The lowest BCUT2D eigenvalue weighted by Crippen LogP contribution is -2.23. The van der Waals surface area contributed by atoms with Gasteiger partial charge in [-0.1, -0.05) is 19.1 Å². The van der Waals surface area contributed by atoms with Gasteiger partial charge in [0.2, 0.25) is 0 Å². The number of hydrogen-bond donors (Lipinski definition) is 1. The molecule has 2 aromatic carbocycles. The van der Waals surface area contributed by atoms with E-state index in [1.165, 1.54) is 24.3 Å². The highest BCUT2D eigenvalue weighted by Crippen LogP contribution is 2.21. The highest BCUT2D eigenvalue weighted by molar-refractivity contribution is 5.25. The third-order valence-electron chi connectivity index (χ3n) is 3.09. The van der Waals surface area contributed by atoms with Crippen molar-refractivity contribution < 1.29 is 13.2 Å². The molecule has 0 fully saturated rings. The summed E-state index contributed by atoms with van der Waals surface area (Å²) in [5.41, 5.74) is 1.45. The highest BCUT2D eigenvalue weighted by atomic mass is 19.1. The maximum absolute atomic E-state index is 13.3. The molecule has 0 aliphatic rings. The summed E-state index contributed by atoms with van der Waals surface area (Å²) < 4.78 is 39.5. The Bertz CT molecular complexity index is 546. The van der Waals surface area contributed by atoms with Crippen molar-refractivity contribution in [3.63, 3.8) is 0 Å². The van der Waals surface area contributed by atoms with Crippen LogP contribution in [0.4, 0.5) is 13.2 Å². The summed E-state index contributed by atoms with van der Waals surface area (Å²) in [5.74, 6) is -1.49. The zero-order valence-corrected chi connectivity index (χ0v) is 11.2. The van der Waals surface area contributed by atoms with Crippen LogP contribution in [-0.2, 0) is 6.42 Å². The van der Waals surface area contributed by atoms with E-state index in [9.17, 15) is 13.2 Å². The van der Waals surface area contributed by atoms with E-state index in [4.69, 9.17) is 0 Å². The molecule has 0 aliphatic carbocycles. The Morgan fingerprint density at radius 2 is 1.50 bits per heavy atom. The quantitative estimate of drug-likeness (QED) is 0.872. The molecule has 0 spiro atoms. The van der Waals surface area contributed by atoms with Crippen molar-refractivity contribution in [1.82, 2.24) is 5.32 Å². The second-order valence-electron chi connectivity index (χ2n) is 4.64. The summed E-state index contributed by atoms with van der Waals surface area (Å²) in [7, 11) is 0. The first kappa shape index (κ1) is 14.6. The average Bonchev–Trinajstić information content (AvgIpc) is 2.39. The van der Waals surface area contributed by atoms with Gasteiger partial charge < -0.3 is 5.32 Å². The van der Waals surface area contributed by atoms with Crippen molar-refractivity contribution in [2.24, 2.45) is 0 Å². The molecular weight excluding hydrogens is 263 g/mol. The third-order valence-corrected chi connectivity index (χ3v) is 3.09. The Balaban J connectivity index is 2.23. The molecule has 0 heterocycles. The van der Waals surface area contributed by atoms with Crippen LogP contribution in [0.2, 0.25) is 0 Å². The van der Waals surface area contributed by atoms with Crippen LogP contribution in [0.3, 0.4) is 0 Å². The number of hydrogen-bond acceptors (Lipinski definition) is 1. The molecule has 0 aliphatic heterocycles. The molecule has 20 heavy (non-hydrogen) atoms. The van der Waals surface area contributed by atoms with Crippen LogP contribution in [0, 0.1) is 17.5 Å². The largest absolute Gasteiger partial charge is 0.310 e. The standard InChI is InChI=1S/C16H16F3N/c1-2-20-16(7-11-3-5-13(17)6-4-11)12-8-14(18)10-15(19)9-12/h3-6,8-10,16,20H,2,7H2,1H3. The molecule has 0 saturated heterocycles. The lowest BCUT2D eigenvalue weighted by Gasteiger charge is -2.19. The summed E-state index contributed by atoms with van der Waals surface area (Å²) in [4.78, 5) is 0. The van der Waals surface area contributed by atoms with Crippen LogP contribution in [-0.4, -0.2) is 6.54 Å². The Labute approximate surface area is 116 Å². The molecule has 1 N–H and O–H groups in total. The average molecular weight is 279 g/mol. The molecule has 1 atom stereocenters. The predicted octanol–water partition coefficient (Wildman–Crippen LogP) is 4.00. The molecule has 0 amide bonds. The molecule has 0 radical (unpaired) electrons. The fourth-order valence-corrected chi connectivity index (χ4v) is 2.19. The first-order chi connectivity index (χ1) is 9.58. The monoisotopic (exact) mass is 279 g/mol. The Kier molecular flexibility index (Phi) is 4.79. The van der Waals surface area contributed by atoms with E-state index in [1.54, 1.807) is 12.1 Å². The van der Waals surface area contributed by atoms with E-state index in [2.05, 4.69) is 5.32 Å². The summed E-state index contributed by atoms with van der Waals surface area (Å²) in [6.07, 6.45) is 0.539. The Hall–Kier alpha value is -1.81. The van der Waals surface area contributed by atoms with Gasteiger partial charge in [-0.2, -0.15) is 0 Å². The molecule has 106 valence electrons. The number of rotatable bonds is 5. The lowest BCUT2D eigenvalue weighted by molar-refractivity contribution is 0.528. The molecule has 0 saturated carbocycles. The van der Waals surface area contributed by atoms with Gasteiger partial charge in [-0.15, -0.1) is 0 Å². The second-order valence-corrected chi connectivity index (χ2v) is 4.64. The number of benzene rings is 2. The first-order valence-corrected chi connectivity index (χ1v) is 6.52. The van der Waals surface area contributed by atoms with Crippen molar-refractivity contribution in [1.29, 1.82) is 0 Å². The van der Waals surface area contributed by atoms with Crippen LogP contribution in [0.5, 0.6) is 0 Å². The van der Waals surface area contributed by atoms with Crippen molar-refractivity contribution in [2.75, 3.05) is 6.54 Å². The molecule has 1 unspecified atom stereocenters. The van der Waals surface area contributed by atoms with Crippen LogP contribution in [0.1, 0.15) is 24.1 Å². The fraction of sp³-hybridized carbons (Fsp3) is 0.250. The topological polar surface area (TPSA) is 12.0 Å². The van der Waals surface area contributed by atoms with Gasteiger partial charge >= 0.3 is 0 Å². The fourth-order valence-electron chi connectivity index (χ4n) is 2.19. The zero-order chi connectivity index (χ0) is 14.5. The zero-order valence-electron chi connectivity index (χ0n) is 11.2. The second kappa shape index (κ2) is 6.57. The normalized spacial score (nSPS) is 12.4. The van der Waals surface area contributed by atoms with Crippen LogP contribution >= 0.6 is 0 Å². The van der Waals surface area contributed by atoms with E-state index in [0.29, 0.717) is 18.5 Å². The van der Waals surface area contributed by atoms with Gasteiger partial charge in [0.1, 0.15) is 17.5 Å². The molecule has 2 aromatic rings. The summed E-state index contributed by atoms with van der Waals surface area (Å²) in [6, 6.07) is 9.39. The molecular formula is C16H16F3N. The van der Waals surface area contributed by atoms with E-state index in [0.717, 1.165) is 11.6 Å². The Morgan fingerprint density at radius 3 is 2.05 bits per heavy atom. The summed E-state index contributed by atoms with van der Waals surface area (Å²) in [5, 5.41) is 3.19. The molecule has 0 aromatic heterocycles. The predicted molar refractivity (Wildman–Crippen MR) is 72.9 cm³/mol. The lowest BCUT2D eigenvalue weighted by atomic mass is 9.98. The minimum Gasteiger partial charge on any atom is -0.310 e. The van der Waals surface area contributed by atoms with Crippen LogP contribution in [0.25, 0.3) is 0 Å². The number of likely N-dealkylation sites (N-methyl/N-ethyl adjacent to an activating group) is 1. The maximum Gasteiger partial charge on any atom is 0.126 e. The molecule has 2 rings (SSSR count). The van der Waals surface area contributed by atoms with Crippen molar-refractivity contribution in [3.8, 4) is 0 Å². The molecule has 0 bridgehead atoms. The number of halogens is 3. The van der Waals surface area contributed by atoms with E-state index >= 15 is 0 Å².